The van der Waals surface area contributed by atoms with Crippen LogP contribution in [-0.2, 0) is 11.8 Å². The van der Waals surface area contributed by atoms with Gasteiger partial charge in [0.25, 0.3) is 11.5 Å². The molecule has 4 heterocycles. The van der Waals surface area contributed by atoms with E-state index in [9.17, 15) is 14.4 Å². The van der Waals surface area contributed by atoms with E-state index >= 15 is 0 Å². The van der Waals surface area contributed by atoms with Gasteiger partial charge in [-0.25, -0.2) is 4.68 Å². The Morgan fingerprint density at radius 3 is 2.44 bits per heavy atom. The van der Waals surface area contributed by atoms with Crippen molar-refractivity contribution in [3.8, 4) is 0 Å². The maximum absolute atomic E-state index is 13.4. The topological polar surface area (TPSA) is 93.6 Å². The zero-order chi connectivity index (χ0) is 22.4. The van der Waals surface area contributed by atoms with Gasteiger partial charge in [-0.05, 0) is 25.1 Å². The molecule has 2 amide bonds. The molecule has 0 radical (unpaired) electrons. The summed E-state index contributed by atoms with van der Waals surface area (Å²) < 4.78 is 8.30. The van der Waals surface area contributed by atoms with Gasteiger partial charge in [-0.2, -0.15) is 5.10 Å². The number of carbonyl (C=O) groups is 2. The Balaban J connectivity index is 1.44. The lowest BCUT2D eigenvalue weighted by Crippen LogP contribution is -2.51. The molecule has 1 atom stereocenters. The minimum atomic E-state index is -0.583. The quantitative estimate of drug-likeness (QED) is 0.493. The number of piperazine rings is 1. The predicted octanol–water partition coefficient (Wildman–Crippen LogP) is 2.03. The van der Waals surface area contributed by atoms with Crippen LogP contribution < -0.4 is 5.56 Å². The average Bonchev–Trinajstić information content (AvgIpc) is 3.47. The Labute approximate surface area is 183 Å². The zero-order valence-electron chi connectivity index (χ0n) is 17.9. The summed E-state index contributed by atoms with van der Waals surface area (Å²) in [5.41, 5.74) is 1.04. The molecule has 0 bridgehead atoms. The van der Waals surface area contributed by atoms with E-state index < -0.39 is 6.04 Å². The van der Waals surface area contributed by atoms with Crippen molar-refractivity contribution in [1.82, 2.24) is 24.1 Å². The van der Waals surface area contributed by atoms with E-state index in [2.05, 4.69) is 5.10 Å². The van der Waals surface area contributed by atoms with Gasteiger partial charge in [0.15, 0.2) is 5.76 Å². The first kappa shape index (κ1) is 20.0. The summed E-state index contributed by atoms with van der Waals surface area (Å²) in [6, 6.07) is 10.4. The van der Waals surface area contributed by atoms with E-state index in [-0.39, 0.29) is 17.4 Å². The van der Waals surface area contributed by atoms with Crippen molar-refractivity contribution in [2.75, 3.05) is 26.2 Å². The highest BCUT2D eigenvalue weighted by molar-refractivity contribution is 6.08. The predicted molar refractivity (Wildman–Crippen MR) is 118 cm³/mol. The van der Waals surface area contributed by atoms with E-state index in [1.54, 1.807) is 35.2 Å². The van der Waals surface area contributed by atoms with Crippen LogP contribution in [0, 0.1) is 0 Å². The fourth-order valence-corrected chi connectivity index (χ4v) is 4.45. The van der Waals surface area contributed by atoms with Gasteiger partial charge in [0.2, 0.25) is 5.91 Å². The number of aromatic nitrogens is 3. The highest BCUT2D eigenvalue weighted by atomic mass is 16.3. The molecule has 1 aliphatic rings. The summed E-state index contributed by atoms with van der Waals surface area (Å²) in [6.45, 7) is 3.51. The van der Waals surface area contributed by atoms with Crippen molar-refractivity contribution < 1.29 is 14.0 Å². The van der Waals surface area contributed by atoms with Crippen LogP contribution in [0.15, 0.2) is 58.1 Å². The Kier molecular flexibility index (Phi) is 4.80. The summed E-state index contributed by atoms with van der Waals surface area (Å²) in [6.07, 6.45) is 3.14. The van der Waals surface area contributed by atoms with Gasteiger partial charge < -0.3 is 18.8 Å². The summed E-state index contributed by atoms with van der Waals surface area (Å²) in [5, 5.41) is 5.78. The summed E-state index contributed by atoms with van der Waals surface area (Å²) in [4.78, 5) is 42.3. The first-order valence-corrected chi connectivity index (χ1v) is 10.5. The smallest absolute Gasteiger partial charge is 0.291 e. The number of amides is 2. The standard InChI is InChI=1S/C23H23N5O4/c1-15(21(29)26-9-11-27(12-10-26)22(30)19-8-5-13-32-19)28-18-7-4-3-6-16(18)17-14-24-25(2)23(31)20(17)28/h3-8,13-15H,9-12H2,1-2H3/t15-/m1/s1. The third-order valence-corrected chi connectivity index (χ3v) is 6.16. The molecule has 1 aromatic carbocycles. The van der Waals surface area contributed by atoms with Gasteiger partial charge in [0.1, 0.15) is 11.6 Å². The Morgan fingerprint density at radius 1 is 1.00 bits per heavy atom. The number of rotatable bonds is 3. The van der Waals surface area contributed by atoms with Crippen LogP contribution in [0.3, 0.4) is 0 Å². The largest absolute Gasteiger partial charge is 0.459 e. The van der Waals surface area contributed by atoms with E-state index in [4.69, 9.17) is 4.42 Å². The highest BCUT2D eigenvalue weighted by Gasteiger charge is 2.30. The molecule has 5 rings (SSSR count). The molecule has 9 nitrogen and oxygen atoms in total. The molecule has 0 spiro atoms. The van der Waals surface area contributed by atoms with E-state index in [0.29, 0.717) is 37.5 Å². The Hall–Kier alpha value is -3.88. The second-order valence-corrected chi connectivity index (χ2v) is 7.99. The maximum atomic E-state index is 13.4. The molecule has 0 N–H and O–H groups in total. The molecule has 0 unspecified atom stereocenters. The number of hydrogen-bond donors (Lipinski definition) is 0. The number of aryl methyl sites for hydroxylation is 1. The van der Waals surface area contributed by atoms with Crippen molar-refractivity contribution in [3.05, 3.63) is 65.0 Å². The third kappa shape index (κ3) is 3.08. The third-order valence-electron chi connectivity index (χ3n) is 6.16. The number of hydrogen-bond acceptors (Lipinski definition) is 5. The van der Waals surface area contributed by atoms with Gasteiger partial charge in [0.05, 0.1) is 18.0 Å². The maximum Gasteiger partial charge on any atom is 0.291 e. The lowest BCUT2D eigenvalue weighted by molar-refractivity contribution is -0.135. The molecule has 0 aliphatic carbocycles. The van der Waals surface area contributed by atoms with Crippen LogP contribution in [-0.4, -0.2) is 62.1 Å². The van der Waals surface area contributed by atoms with Crippen molar-refractivity contribution in [2.45, 2.75) is 13.0 Å². The van der Waals surface area contributed by atoms with Crippen molar-refractivity contribution in [1.29, 1.82) is 0 Å². The normalized spacial score (nSPS) is 15.4. The van der Waals surface area contributed by atoms with Gasteiger partial charge in [-0.1, -0.05) is 18.2 Å². The van der Waals surface area contributed by atoms with E-state index in [1.165, 1.54) is 10.9 Å². The van der Waals surface area contributed by atoms with Crippen LogP contribution in [0.5, 0.6) is 0 Å². The Morgan fingerprint density at radius 2 is 1.72 bits per heavy atom. The molecular formula is C23H23N5O4. The van der Waals surface area contributed by atoms with Crippen LogP contribution in [0.2, 0.25) is 0 Å². The van der Waals surface area contributed by atoms with Crippen LogP contribution >= 0.6 is 0 Å². The number of para-hydroxylation sites is 1. The number of carbonyl (C=O) groups excluding carboxylic acids is 2. The molecule has 1 fully saturated rings. The molecule has 9 heteroatoms. The second-order valence-electron chi connectivity index (χ2n) is 7.99. The molecule has 0 saturated carbocycles. The fourth-order valence-electron chi connectivity index (χ4n) is 4.45. The molecule has 32 heavy (non-hydrogen) atoms. The lowest BCUT2D eigenvalue weighted by Gasteiger charge is -2.36. The molecule has 164 valence electrons. The van der Waals surface area contributed by atoms with E-state index in [1.807, 2.05) is 35.8 Å². The SMILES string of the molecule is C[C@H](C(=O)N1CCN(C(=O)c2ccco2)CC1)n1c2ccccc2c2cnn(C)c(=O)c21. The van der Waals surface area contributed by atoms with Crippen molar-refractivity contribution in [2.24, 2.45) is 7.05 Å². The molecule has 4 aromatic rings. The summed E-state index contributed by atoms with van der Waals surface area (Å²) in [5.74, 6) is 0.0398. The zero-order valence-corrected chi connectivity index (χ0v) is 17.9. The number of nitrogens with zero attached hydrogens (tertiary/aromatic N) is 5. The molecular weight excluding hydrogens is 410 g/mol. The van der Waals surface area contributed by atoms with Gasteiger partial charge in [0, 0.05) is 44.0 Å². The monoisotopic (exact) mass is 433 g/mol. The molecule has 1 saturated heterocycles. The summed E-state index contributed by atoms with van der Waals surface area (Å²) in [7, 11) is 1.60. The highest BCUT2D eigenvalue weighted by Crippen LogP contribution is 2.30. The minimum Gasteiger partial charge on any atom is -0.459 e. The number of benzene rings is 1. The van der Waals surface area contributed by atoms with Crippen molar-refractivity contribution in [3.63, 3.8) is 0 Å². The number of fused-ring (bicyclic) bond motifs is 3. The first-order valence-electron chi connectivity index (χ1n) is 10.5. The lowest BCUT2D eigenvalue weighted by atomic mass is 10.2. The Bertz CT molecular complexity index is 1380. The van der Waals surface area contributed by atoms with Crippen LogP contribution in [0.1, 0.15) is 23.5 Å². The first-order chi connectivity index (χ1) is 15.5. The van der Waals surface area contributed by atoms with Gasteiger partial charge >= 0.3 is 0 Å². The number of furan rings is 1. The van der Waals surface area contributed by atoms with Crippen LogP contribution in [0.4, 0.5) is 0 Å². The van der Waals surface area contributed by atoms with Gasteiger partial charge in [-0.15, -0.1) is 0 Å². The minimum absolute atomic E-state index is 0.0865. The van der Waals surface area contributed by atoms with E-state index in [0.717, 1.165) is 16.3 Å². The molecule has 1 aliphatic heterocycles. The fraction of sp³-hybridized carbons (Fsp3) is 0.304. The molecule has 3 aromatic heterocycles. The second kappa shape index (κ2) is 7.67. The average molecular weight is 433 g/mol. The van der Waals surface area contributed by atoms with Gasteiger partial charge in [-0.3, -0.25) is 14.4 Å². The van der Waals surface area contributed by atoms with Crippen molar-refractivity contribution >= 4 is 33.6 Å². The summed E-state index contributed by atoms with van der Waals surface area (Å²) >= 11 is 0. The van der Waals surface area contributed by atoms with Crippen LogP contribution in [0.25, 0.3) is 21.8 Å².